The molecule has 1 aliphatic heterocycles. The van der Waals surface area contributed by atoms with Crippen LogP contribution in [-0.4, -0.2) is 37.8 Å². The Labute approximate surface area is 109 Å². The highest BCUT2D eigenvalue weighted by Gasteiger charge is 2.26. The molecule has 0 radical (unpaired) electrons. The number of anilines is 2. The van der Waals surface area contributed by atoms with Crippen molar-refractivity contribution in [1.29, 1.82) is 0 Å². The highest BCUT2D eigenvalue weighted by Crippen LogP contribution is 2.35. The summed E-state index contributed by atoms with van der Waals surface area (Å²) in [5, 5.41) is 8.88. The normalized spacial score (nSPS) is 15.1. The monoisotopic (exact) mass is 298 g/mol. The number of fused-ring (bicyclic) bond motifs is 1. The molecule has 5 heteroatoms. The minimum absolute atomic E-state index is 0.0755. The molecule has 4 nitrogen and oxygen atoms in total. The van der Waals surface area contributed by atoms with Gasteiger partial charge in [-0.1, -0.05) is 15.9 Å². The molecule has 1 amide bonds. The standard InChI is InChI=1S/C12H15BrN2O2/c1-14-8-12(17)15(5-2-6-16)11-7-9(13)3-4-10(11)14/h3-4,7,16H,2,5-6,8H2,1H3. The van der Waals surface area contributed by atoms with Crippen LogP contribution in [0.1, 0.15) is 6.42 Å². The Morgan fingerprint density at radius 3 is 2.88 bits per heavy atom. The van der Waals surface area contributed by atoms with E-state index in [0.29, 0.717) is 19.5 Å². The van der Waals surface area contributed by atoms with Crippen molar-refractivity contribution in [2.45, 2.75) is 6.42 Å². The lowest BCUT2D eigenvalue weighted by atomic mass is 10.1. The number of rotatable bonds is 3. The summed E-state index contributed by atoms with van der Waals surface area (Å²) >= 11 is 3.42. The molecule has 0 saturated carbocycles. The van der Waals surface area contributed by atoms with Gasteiger partial charge in [-0.2, -0.15) is 0 Å². The molecule has 2 rings (SSSR count). The number of halogens is 1. The van der Waals surface area contributed by atoms with E-state index in [-0.39, 0.29) is 12.5 Å². The van der Waals surface area contributed by atoms with E-state index in [2.05, 4.69) is 15.9 Å². The number of carbonyl (C=O) groups is 1. The lowest BCUT2D eigenvalue weighted by Crippen LogP contribution is -2.44. The zero-order valence-electron chi connectivity index (χ0n) is 9.69. The summed E-state index contributed by atoms with van der Waals surface area (Å²) in [6.45, 7) is 1.05. The van der Waals surface area contributed by atoms with Crippen LogP contribution in [0.15, 0.2) is 22.7 Å². The number of likely N-dealkylation sites (N-methyl/N-ethyl adjacent to an activating group) is 1. The molecule has 0 unspecified atom stereocenters. The minimum atomic E-state index is 0.0755. The van der Waals surface area contributed by atoms with E-state index in [4.69, 9.17) is 5.11 Å². The van der Waals surface area contributed by atoms with Gasteiger partial charge in [0.15, 0.2) is 0 Å². The first-order chi connectivity index (χ1) is 8.13. The van der Waals surface area contributed by atoms with Crippen molar-refractivity contribution in [1.82, 2.24) is 0 Å². The molecule has 1 heterocycles. The van der Waals surface area contributed by atoms with Gasteiger partial charge in [-0.25, -0.2) is 0 Å². The van der Waals surface area contributed by atoms with Gasteiger partial charge in [0.05, 0.1) is 17.9 Å². The number of carbonyl (C=O) groups excluding carboxylic acids is 1. The number of nitrogens with zero attached hydrogens (tertiary/aromatic N) is 2. The van der Waals surface area contributed by atoms with E-state index in [1.165, 1.54) is 0 Å². The molecular weight excluding hydrogens is 284 g/mol. The SMILES string of the molecule is CN1CC(=O)N(CCCO)c2cc(Br)ccc21. The molecule has 0 bridgehead atoms. The van der Waals surface area contributed by atoms with Crippen molar-refractivity contribution in [2.75, 3.05) is 36.5 Å². The van der Waals surface area contributed by atoms with Gasteiger partial charge in [-0.3, -0.25) is 4.79 Å². The molecule has 0 spiro atoms. The lowest BCUT2D eigenvalue weighted by Gasteiger charge is -2.35. The highest BCUT2D eigenvalue weighted by molar-refractivity contribution is 9.10. The third-order valence-electron chi connectivity index (χ3n) is 2.85. The van der Waals surface area contributed by atoms with E-state index >= 15 is 0 Å². The molecular formula is C12H15BrN2O2. The van der Waals surface area contributed by atoms with Crippen LogP contribution in [0.3, 0.4) is 0 Å². The number of benzene rings is 1. The summed E-state index contributed by atoms with van der Waals surface area (Å²) in [4.78, 5) is 15.7. The number of hydrogen-bond acceptors (Lipinski definition) is 3. The van der Waals surface area contributed by atoms with Crippen LogP contribution < -0.4 is 9.80 Å². The average molecular weight is 299 g/mol. The molecule has 17 heavy (non-hydrogen) atoms. The highest BCUT2D eigenvalue weighted by atomic mass is 79.9. The first-order valence-electron chi connectivity index (χ1n) is 5.55. The number of hydrogen-bond donors (Lipinski definition) is 1. The Hall–Kier alpha value is -1.07. The molecule has 92 valence electrons. The summed E-state index contributed by atoms with van der Waals surface area (Å²) in [5.41, 5.74) is 1.96. The fourth-order valence-electron chi connectivity index (χ4n) is 2.02. The summed E-state index contributed by atoms with van der Waals surface area (Å²) in [6, 6.07) is 5.91. The summed E-state index contributed by atoms with van der Waals surface area (Å²) in [6.07, 6.45) is 0.599. The van der Waals surface area contributed by atoms with Crippen LogP contribution in [-0.2, 0) is 4.79 Å². The zero-order chi connectivity index (χ0) is 12.4. The molecule has 0 aliphatic carbocycles. The van der Waals surface area contributed by atoms with E-state index in [0.717, 1.165) is 15.8 Å². The lowest BCUT2D eigenvalue weighted by molar-refractivity contribution is -0.117. The van der Waals surface area contributed by atoms with Crippen LogP contribution >= 0.6 is 15.9 Å². The van der Waals surface area contributed by atoms with Crippen LogP contribution in [0.2, 0.25) is 0 Å². The van der Waals surface area contributed by atoms with E-state index in [1.807, 2.05) is 30.1 Å². The van der Waals surface area contributed by atoms with Crippen molar-refractivity contribution < 1.29 is 9.90 Å². The third-order valence-corrected chi connectivity index (χ3v) is 3.35. The van der Waals surface area contributed by atoms with Gasteiger partial charge in [0.2, 0.25) is 5.91 Å². The maximum Gasteiger partial charge on any atom is 0.246 e. The molecule has 0 fully saturated rings. The van der Waals surface area contributed by atoms with E-state index in [1.54, 1.807) is 4.90 Å². The van der Waals surface area contributed by atoms with Crippen molar-refractivity contribution in [2.24, 2.45) is 0 Å². The van der Waals surface area contributed by atoms with Crippen LogP contribution in [0.25, 0.3) is 0 Å². The molecule has 1 aromatic rings. The second kappa shape index (κ2) is 5.06. The quantitative estimate of drug-likeness (QED) is 0.922. The Bertz CT molecular complexity index is 437. The molecule has 0 saturated heterocycles. The molecule has 0 aromatic heterocycles. The second-order valence-electron chi connectivity index (χ2n) is 4.11. The zero-order valence-corrected chi connectivity index (χ0v) is 11.3. The predicted octanol–water partition coefficient (Wildman–Crippen LogP) is 1.61. The van der Waals surface area contributed by atoms with Gasteiger partial charge >= 0.3 is 0 Å². The van der Waals surface area contributed by atoms with Gasteiger partial charge in [-0.05, 0) is 24.6 Å². The average Bonchev–Trinajstić information content (AvgIpc) is 2.28. The van der Waals surface area contributed by atoms with Gasteiger partial charge < -0.3 is 14.9 Å². The Kier molecular flexibility index (Phi) is 3.69. The fourth-order valence-corrected chi connectivity index (χ4v) is 2.37. The van der Waals surface area contributed by atoms with E-state index in [9.17, 15) is 4.79 Å². The predicted molar refractivity (Wildman–Crippen MR) is 71.5 cm³/mol. The Morgan fingerprint density at radius 2 is 2.18 bits per heavy atom. The van der Waals surface area contributed by atoms with Crippen molar-refractivity contribution in [3.8, 4) is 0 Å². The van der Waals surface area contributed by atoms with Gasteiger partial charge in [0.25, 0.3) is 0 Å². The van der Waals surface area contributed by atoms with Crippen LogP contribution in [0.5, 0.6) is 0 Å². The maximum atomic E-state index is 12.0. The summed E-state index contributed by atoms with van der Waals surface area (Å²) in [5.74, 6) is 0.0755. The second-order valence-corrected chi connectivity index (χ2v) is 5.03. The molecule has 0 atom stereocenters. The number of amides is 1. The first kappa shape index (κ1) is 12.4. The third kappa shape index (κ3) is 2.45. The largest absolute Gasteiger partial charge is 0.396 e. The van der Waals surface area contributed by atoms with Gasteiger partial charge in [0.1, 0.15) is 0 Å². The summed E-state index contributed by atoms with van der Waals surface area (Å²) in [7, 11) is 1.91. The van der Waals surface area contributed by atoms with Crippen LogP contribution in [0.4, 0.5) is 11.4 Å². The first-order valence-corrected chi connectivity index (χ1v) is 6.34. The van der Waals surface area contributed by atoms with Gasteiger partial charge in [-0.15, -0.1) is 0 Å². The van der Waals surface area contributed by atoms with Crippen molar-refractivity contribution >= 4 is 33.2 Å². The minimum Gasteiger partial charge on any atom is -0.396 e. The summed E-state index contributed by atoms with van der Waals surface area (Å²) < 4.78 is 0.952. The smallest absolute Gasteiger partial charge is 0.246 e. The van der Waals surface area contributed by atoms with Crippen molar-refractivity contribution in [3.05, 3.63) is 22.7 Å². The van der Waals surface area contributed by atoms with Crippen molar-refractivity contribution in [3.63, 3.8) is 0 Å². The van der Waals surface area contributed by atoms with Gasteiger partial charge in [0, 0.05) is 24.7 Å². The molecule has 1 N–H and O–H groups in total. The fraction of sp³-hybridized carbons (Fsp3) is 0.417. The van der Waals surface area contributed by atoms with Crippen LogP contribution in [0, 0.1) is 0 Å². The Morgan fingerprint density at radius 1 is 1.41 bits per heavy atom. The number of aliphatic hydroxyl groups is 1. The topological polar surface area (TPSA) is 43.8 Å². The number of aliphatic hydroxyl groups excluding tert-OH is 1. The Balaban J connectivity index is 2.37. The maximum absolute atomic E-state index is 12.0. The molecule has 1 aliphatic rings. The van der Waals surface area contributed by atoms with E-state index < -0.39 is 0 Å². The molecule has 1 aromatic carbocycles.